The minimum absolute atomic E-state index is 0.0743. The summed E-state index contributed by atoms with van der Waals surface area (Å²) in [5.41, 5.74) is 5.77. The van der Waals surface area contributed by atoms with Crippen molar-refractivity contribution in [3.8, 4) is 12.3 Å². The van der Waals surface area contributed by atoms with E-state index in [0.29, 0.717) is 6.42 Å². The van der Waals surface area contributed by atoms with Crippen LogP contribution in [-0.2, 0) is 14.8 Å². The average Bonchev–Trinajstić information content (AvgIpc) is 2.45. The Hall–Kier alpha value is -2.04. The summed E-state index contributed by atoms with van der Waals surface area (Å²) in [6.07, 6.45) is 5.99. The van der Waals surface area contributed by atoms with Crippen LogP contribution in [0.1, 0.15) is 30.1 Å². The van der Waals surface area contributed by atoms with Crippen molar-refractivity contribution < 1.29 is 17.9 Å². The first-order valence-electron chi connectivity index (χ1n) is 6.29. The second kappa shape index (κ2) is 7.11. The van der Waals surface area contributed by atoms with Crippen LogP contribution >= 0.6 is 0 Å². The van der Waals surface area contributed by atoms with Crippen LogP contribution < -0.4 is 10.5 Å². The van der Waals surface area contributed by atoms with Gasteiger partial charge in [-0.3, -0.25) is 0 Å². The second-order valence-electron chi connectivity index (χ2n) is 4.38. The molecule has 6 nitrogen and oxygen atoms in total. The van der Waals surface area contributed by atoms with Crippen LogP contribution in [0, 0.1) is 12.3 Å². The molecular formula is C14H18N2O4S. The van der Waals surface area contributed by atoms with Crippen LogP contribution in [0.3, 0.4) is 0 Å². The molecule has 0 aliphatic rings. The van der Waals surface area contributed by atoms with Crippen LogP contribution in [0.25, 0.3) is 0 Å². The zero-order valence-electron chi connectivity index (χ0n) is 11.9. The van der Waals surface area contributed by atoms with Crippen LogP contribution in [-0.4, -0.2) is 27.5 Å². The van der Waals surface area contributed by atoms with E-state index in [1.54, 1.807) is 0 Å². The molecule has 0 spiro atoms. The average molecular weight is 310 g/mol. The standard InChI is InChI=1S/C14H18N2O4S/c1-4-6-11(5-2)16-21(18,19)13-9-10(15)7-8-12(13)14(17)20-3/h1,7-9,11,16H,5-6,15H2,2-3H3. The molecule has 3 N–H and O–H groups in total. The summed E-state index contributed by atoms with van der Waals surface area (Å²) in [5, 5.41) is 0. The lowest BCUT2D eigenvalue weighted by Gasteiger charge is -2.16. The van der Waals surface area contributed by atoms with E-state index in [1.165, 1.54) is 25.3 Å². The smallest absolute Gasteiger partial charge is 0.339 e. The van der Waals surface area contributed by atoms with Gasteiger partial charge in [0.25, 0.3) is 0 Å². The number of ether oxygens (including phenoxy) is 1. The molecule has 114 valence electrons. The Labute approximate surface area is 124 Å². The molecule has 7 heteroatoms. The number of sulfonamides is 1. The normalized spacial score (nSPS) is 12.4. The van der Waals surface area contributed by atoms with Gasteiger partial charge >= 0.3 is 5.97 Å². The maximum Gasteiger partial charge on any atom is 0.339 e. The van der Waals surface area contributed by atoms with Gasteiger partial charge in [0, 0.05) is 18.2 Å². The quantitative estimate of drug-likeness (QED) is 0.466. The van der Waals surface area contributed by atoms with E-state index in [0.717, 1.165) is 0 Å². The van der Waals surface area contributed by atoms with Gasteiger partial charge in [-0.25, -0.2) is 17.9 Å². The highest BCUT2D eigenvalue weighted by Gasteiger charge is 2.25. The number of hydrogen-bond donors (Lipinski definition) is 2. The first kappa shape index (κ1) is 17.0. The summed E-state index contributed by atoms with van der Waals surface area (Å²) in [6, 6.07) is 3.56. The summed E-state index contributed by atoms with van der Waals surface area (Å²) in [6.45, 7) is 1.81. The molecule has 1 atom stereocenters. The molecule has 0 aromatic heterocycles. The second-order valence-corrected chi connectivity index (χ2v) is 6.06. The molecule has 0 fully saturated rings. The fourth-order valence-electron chi connectivity index (χ4n) is 1.73. The minimum atomic E-state index is -3.93. The van der Waals surface area contributed by atoms with Crippen molar-refractivity contribution in [3.05, 3.63) is 23.8 Å². The molecule has 21 heavy (non-hydrogen) atoms. The summed E-state index contributed by atoms with van der Waals surface area (Å²) in [4.78, 5) is 11.5. The van der Waals surface area contributed by atoms with Crippen LogP contribution in [0.2, 0.25) is 0 Å². The largest absolute Gasteiger partial charge is 0.465 e. The highest BCUT2D eigenvalue weighted by molar-refractivity contribution is 7.89. The van der Waals surface area contributed by atoms with E-state index in [4.69, 9.17) is 12.2 Å². The summed E-state index contributed by atoms with van der Waals surface area (Å²) >= 11 is 0. The van der Waals surface area contributed by atoms with Gasteiger partial charge in [-0.2, -0.15) is 0 Å². The molecule has 0 aliphatic carbocycles. The molecule has 1 unspecified atom stereocenters. The highest BCUT2D eigenvalue weighted by atomic mass is 32.2. The van der Waals surface area contributed by atoms with Crippen LogP contribution in [0.5, 0.6) is 0 Å². The van der Waals surface area contributed by atoms with Gasteiger partial charge < -0.3 is 10.5 Å². The van der Waals surface area contributed by atoms with E-state index in [2.05, 4.69) is 15.4 Å². The monoisotopic (exact) mass is 310 g/mol. The zero-order valence-corrected chi connectivity index (χ0v) is 12.7. The zero-order chi connectivity index (χ0) is 16.0. The van der Waals surface area contributed by atoms with E-state index in [1.807, 2.05) is 6.92 Å². The molecule has 1 aromatic rings. The number of carbonyl (C=O) groups is 1. The molecule has 1 aromatic carbocycles. The Morgan fingerprint density at radius 2 is 2.19 bits per heavy atom. The molecule has 0 saturated heterocycles. The van der Waals surface area contributed by atoms with Gasteiger partial charge in [0.2, 0.25) is 10.0 Å². The van der Waals surface area contributed by atoms with Gasteiger partial charge in [0.15, 0.2) is 0 Å². The predicted octanol–water partition coefficient (Wildman–Crippen LogP) is 1.14. The third kappa shape index (κ3) is 4.21. The van der Waals surface area contributed by atoms with Crippen molar-refractivity contribution in [1.82, 2.24) is 4.72 Å². The van der Waals surface area contributed by atoms with Crippen molar-refractivity contribution in [1.29, 1.82) is 0 Å². The Morgan fingerprint density at radius 3 is 2.71 bits per heavy atom. The number of anilines is 1. The maximum absolute atomic E-state index is 12.4. The van der Waals surface area contributed by atoms with Crippen molar-refractivity contribution in [2.24, 2.45) is 0 Å². The maximum atomic E-state index is 12.4. The number of rotatable bonds is 6. The molecule has 0 radical (unpaired) electrons. The van der Waals surface area contributed by atoms with Crippen molar-refractivity contribution in [2.75, 3.05) is 12.8 Å². The number of benzene rings is 1. The molecular weight excluding hydrogens is 292 g/mol. The lowest BCUT2D eigenvalue weighted by molar-refractivity contribution is 0.0596. The number of nitrogens with one attached hydrogen (secondary N) is 1. The van der Waals surface area contributed by atoms with Gasteiger partial charge in [0.05, 0.1) is 17.6 Å². The SMILES string of the molecule is C#CCC(CC)NS(=O)(=O)c1cc(N)ccc1C(=O)OC. The number of hydrogen-bond acceptors (Lipinski definition) is 5. The first-order valence-corrected chi connectivity index (χ1v) is 7.77. The van der Waals surface area contributed by atoms with Gasteiger partial charge in [-0.15, -0.1) is 12.3 Å². The highest BCUT2D eigenvalue weighted by Crippen LogP contribution is 2.21. The molecule has 1 rings (SSSR count). The fourth-order valence-corrected chi connectivity index (χ4v) is 3.28. The number of terminal acetylenes is 1. The number of nitrogens with two attached hydrogens (primary N) is 1. The Bertz CT molecular complexity index is 662. The lowest BCUT2D eigenvalue weighted by Crippen LogP contribution is -2.35. The van der Waals surface area contributed by atoms with E-state index in [9.17, 15) is 13.2 Å². The summed E-state index contributed by atoms with van der Waals surface area (Å²) < 4.78 is 31.9. The Balaban J connectivity index is 3.27. The number of methoxy groups -OCH3 is 1. The molecule has 0 amide bonds. The third-order valence-electron chi connectivity index (χ3n) is 2.88. The lowest BCUT2D eigenvalue weighted by atomic mass is 10.2. The molecule has 0 saturated carbocycles. The minimum Gasteiger partial charge on any atom is -0.465 e. The topological polar surface area (TPSA) is 98.5 Å². The molecule has 0 bridgehead atoms. The van der Waals surface area contributed by atoms with Gasteiger partial charge in [-0.05, 0) is 24.6 Å². The fraction of sp³-hybridized carbons (Fsp3) is 0.357. The van der Waals surface area contributed by atoms with Crippen LogP contribution in [0.15, 0.2) is 23.1 Å². The number of carbonyl (C=O) groups excluding carboxylic acids is 1. The van der Waals surface area contributed by atoms with Crippen molar-refractivity contribution in [2.45, 2.75) is 30.7 Å². The number of nitrogen functional groups attached to an aromatic ring is 1. The third-order valence-corrected chi connectivity index (χ3v) is 4.44. The van der Waals surface area contributed by atoms with E-state index >= 15 is 0 Å². The summed E-state index contributed by atoms with van der Waals surface area (Å²) in [5.74, 6) is 1.66. The number of esters is 1. The Morgan fingerprint density at radius 1 is 1.52 bits per heavy atom. The van der Waals surface area contributed by atoms with E-state index < -0.39 is 22.0 Å². The molecule has 0 heterocycles. The van der Waals surface area contributed by atoms with Gasteiger partial charge in [-0.1, -0.05) is 6.92 Å². The first-order chi connectivity index (χ1) is 9.85. The van der Waals surface area contributed by atoms with Crippen LogP contribution in [0.4, 0.5) is 5.69 Å². The van der Waals surface area contributed by atoms with E-state index in [-0.39, 0.29) is 22.6 Å². The Kier molecular flexibility index (Phi) is 5.76. The van der Waals surface area contributed by atoms with Gasteiger partial charge in [0.1, 0.15) is 0 Å². The van der Waals surface area contributed by atoms with Crippen molar-refractivity contribution in [3.63, 3.8) is 0 Å². The van der Waals surface area contributed by atoms with Crippen molar-refractivity contribution >= 4 is 21.7 Å². The molecule has 0 aliphatic heterocycles. The predicted molar refractivity (Wildman–Crippen MR) is 80.0 cm³/mol. The summed E-state index contributed by atoms with van der Waals surface area (Å²) in [7, 11) is -2.75.